The number of thioether (sulfide) groups is 1. The van der Waals surface area contributed by atoms with Crippen LogP contribution in [0.25, 0.3) is 0 Å². The van der Waals surface area contributed by atoms with Gasteiger partial charge >= 0.3 is 17.9 Å². The number of ether oxygens (including phenoxy) is 5. The molecule has 0 unspecified atom stereocenters. The molecule has 0 saturated heterocycles. The largest absolute Gasteiger partial charge is 0.494 e. The van der Waals surface area contributed by atoms with Gasteiger partial charge in [-0.15, -0.1) is 11.8 Å². The number of ketones is 3. The van der Waals surface area contributed by atoms with E-state index in [4.69, 9.17) is 28.8 Å². The Morgan fingerprint density at radius 2 is 1.18 bits per heavy atom. The minimum Gasteiger partial charge on any atom is -0.494 e. The molecule has 0 aromatic heterocycles. The summed E-state index contributed by atoms with van der Waals surface area (Å²) < 4.78 is 27.2. The second-order valence-electron chi connectivity index (χ2n) is 16.8. The molecule has 0 heterocycles. The summed E-state index contributed by atoms with van der Waals surface area (Å²) in [7, 11) is 1.65. The molecule has 21 nitrogen and oxygen atoms in total. The number of carboxylic acids is 3. The van der Waals surface area contributed by atoms with Gasteiger partial charge in [0.1, 0.15) is 36.6 Å². The number of carboxylic acid groups (broad SMARTS) is 3. The molecule has 3 amide bonds. The van der Waals surface area contributed by atoms with Crippen molar-refractivity contribution >= 4 is 64.7 Å². The van der Waals surface area contributed by atoms with Crippen LogP contribution in [0.4, 0.5) is 0 Å². The zero-order valence-corrected chi connectivity index (χ0v) is 42.3. The fourth-order valence-electron chi connectivity index (χ4n) is 6.69. The number of hydrogen-bond donors (Lipinski definition) is 7. The average molecular weight is 1030 g/mol. The summed E-state index contributed by atoms with van der Waals surface area (Å²) in [6.07, 6.45) is 8.56. The van der Waals surface area contributed by atoms with E-state index in [0.717, 1.165) is 38.5 Å². The molecule has 1 aromatic rings. The van der Waals surface area contributed by atoms with Gasteiger partial charge in [0.25, 0.3) is 0 Å². The van der Waals surface area contributed by atoms with Crippen LogP contribution in [0.2, 0.25) is 0 Å². The van der Waals surface area contributed by atoms with Gasteiger partial charge in [0.15, 0.2) is 5.78 Å². The number of carbonyl (C=O) groups excluding carboxylic acids is 6. The Hall–Kier alpha value is -5.00. The molecule has 0 saturated carbocycles. The predicted molar refractivity (Wildman–Crippen MR) is 264 cm³/mol. The monoisotopic (exact) mass is 1030 g/mol. The molecular weight excluding hydrogens is 949 g/mol. The van der Waals surface area contributed by atoms with Crippen molar-refractivity contribution in [2.75, 3.05) is 91.1 Å². The Morgan fingerprint density at radius 1 is 0.563 bits per heavy atom. The van der Waals surface area contributed by atoms with E-state index in [1.807, 2.05) is 0 Å². The fraction of sp³-hybridized carbons (Fsp3) is 0.694. The lowest BCUT2D eigenvalue weighted by Gasteiger charge is -2.15. The summed E-state index contributed by atoms with van der Waals surface area (Å²) in [6, 6.07) is 4.87. The van der Waals surface area contributed by atoms with Gasteiger partial charge in [-0.3, -0.25) is 33.6 Å². The quantitative estimate of drug-likeness (QED) is 0.0459. The van der Waals surface area contributed by atoms with Gasteiger partial charge in [-0.2, -0.15) is 0 Å². The fourth-order valence-corrected chi connectivity index (χ4v) is 7.71. The van der Waals surface area contributed by atoms with Gasteiger partial charge in [-0.25, -0.2) is 9.59 Å². The first-order chi connectivity index (χ1) is 34.1. The first-order valence-corrected chi connectivity index (χ1v) is 25.6. The van der Waals surface area contributed by atoms with Crippen LogP contribution in [-0.2, 0) is 57.3 Å². The van der Waals surface area contributed by atoms with E-state index in [1.54, 1.807) is 19.2 Å². The van der Waals surface area contributed by atoms with Crippen molar-refractivity contribution in [2.45, 2.75) is 122 Å². The second kappa shape index (κ2) is 41.6. The van der Waals surface area contributed by atoms with Crippen molar-refractivity contribution in [3.05, 3.63) is 29.8 Å². The molecule has 0 radical (unpaired) electrons. The number of nitrogens with one attached hydrogen (secondary N) is 4. The molecule has 71 heavy (non-hydrogen) atoms. The van der Waals surface area contributed by atoms with Crippen LogP contribution in [-0.4, -0.2) is 171 Å². The average Bonchev–Trinajstić information content (AvgIpc) is 3.33. The highest BCUT2D eigenvalue weighted by molar-refractivity contribution is 8.00. The van der Waals surface area contributed by atoms with Crippen LogP contribution < -0.4 is 26.0 Å². The first-order valence-electron chi connectivity index (χ1n) is 24.5. The number of aromatic carboxylic acids is 1. The van der Waals surface area contributed by atoms with E-state index in [9.17, 15) is 53.4 Å². The van der Waals surface area contributed by atoms with Crippen molar-refractivity contribution in [1.82, 2.24) is 21.3 Å². The number of unbranched alkanes of at least 4 members (excludes halogenated alkanes) is 7. The van der Waals surface area contributed by atoms with Gasteiger partial charge in [0.05, 0.1) is 62.9 Å². The second-order valence-corrected chi connectivity index (χ2v) is 17.8. The van der Waals surface area contributed by atoms with Gasteiger partial charge in [0, 0.05) is 51.1 Å². The maximum absolute atomic E-state index is 12.5. The standard InChI is InChI=1S/C49H78N4O17S/c1-36(54)43(50-2)34-71-35-46(59)53-42(49(64)65)15-9-10-22-51-45(58)33-69-30-27-66-24-12-14-40(56)32-68-29-28-67-26-23-52-44(57)21-18-38(48(62)63)31-39(55)13-8-6-4-3-5-7-11-25-70-41-19-16-37(17-20-41)47(60)61/h16-17,19-20,38,42-43,50H,3-15,18,21-35H2,1-2H3,(H,51,58)(H,52,57)(H,53,59)(H,60,61)(H,62,63)(H,64,65)/t38-,42+,43+/m1/s1. The number of carbonyl (C=O) groups is 9. The SMILES string of the molecule is CN[C@@H](CSCC(=O)N[C@@H](CCCCNC(=O)COCCOCCCC(=O)COCCOCCNC(=O)CC[C@H](CC(=O)CCCCCCCCCOc1ccc(C(=O)O)cc1)C(=O)O)C(=O)O)C(C)=O. The Bertz CT molecular complexity index is 1740. The van der Waals surface area contributed by atoms with Crippen molar-refractivity contribution in [3.8, 4) is 5.75 Å². The number of Topliss-reactive ketones (excluding diaryl/α,β-unsaturated/α-hetero) is 3. The number of hydrogen-bond acceptors (Lipinski definition) is 16. The molecule has 3 atom stereocenters. The first kappa shape index (κ1) is 64.0. The molecular formula is C49H78N4O17S. The lowest BCUT2D eigenvalue weighted by molar-refractivity contribution is -0.144. The number of benzene rings is 1. The Kier molecular flexibility index (Phi) is 37.5. The number of aliphatic carboxylic acids is 2. The topological polar surface area (TPSA) is 309 Å². The number of amides is 3. The Labute approximate surface area is 421 Å². The molecule has 0 aliphatic heterocycles. The molecule has 402 valence electrons. The lowest BCUT2D eigenvalue weighted by atomic mass is 9.94. The van der Waals surface area contributed by atoms with E-state index in [0.29, 0.717) is 63.4 Å². The number of rotatable bonds is 48. The third-order valence-electron chi connectivity index (χ3n) is 10.8. The van der Waals surface area contributed by atoms with Gasteiger partial charge < -0.3 is 60.3 Å². The highest BCUT2D eigenvalue weighted by Crippen LogP contribution is 2.17. The maximum atomic E-state index is 12.5. The van der Waals surface area contributed by atoms with Gasteiger partial charge in [0.2, 0.25) is 17.7 Å². The van der Waals surface area contributed by atoms with Crippen LogP contribution >= 0.6 is 11.8 Å². The van der Waals surface area contributed by atoms with E-state index in [-0.39, 0.29) is 131 Å². The minimum absolute atomic E-state index is 0.0288. The summed E-state index contributed by atoms with van der Waals surface area (Å²) >= 11 is 1.23. The normalized spacial score (nSPS) is 12.3. The van der Waals surface area contributed by atoms with Crippen LogP contribution in [0.15, 0.2) is 24.3 Å². The van der Waals surface area contributed by atoms with E-state index in [2.05, 4.69) is 21.3 Å². The Balaban J connectivity index is 1.96. The zero-order valence-electron chi connectivity index (χ0n) is 41.5. The number of likely N-dealkylation sites (N-methyl/N-ethyl adjacent to an activating group) is 1. The molecule has 0 fully saturated rings. The summed E-state index contributed by atoms with van der Waals surface area (Å²) in [5, 5.41) is 38.7. The smallest absolute Gasteiger partial charge is 0.335 e. The minimum atomic E-state index is -1.15. The summed E-state index contributed by atoms with van der Waals surface area (Å²) in [5.74, 6) is -4.48. The van der Waals surface area contributed by atoms with Crippen LogP contribution in [0.1, 0.15) is 120 Å². The molecule has 1 aromatic carbocycles. The summed E-state index contributed by atoms with van der Waals surface area (Å²) in [6.45, 7) is 3.56. The molecule has 0 spiro atoms. The van der Waals surface area contributed by atoms with E-state index < -0.39 is 35.8 Å². The van der Waals surface area contributed by atoms with Crippen molar-refractivity contribution in [2.24, 2.45) is 5.92 Å². The summed E-state index contributed by atoms with van der Waals surface area (Å²) in [4.78, 5) is 107. The van der Waals surface area contributed by atoms with E-state index in [1.165, 1.54) is 30.8 Å². The molecule has 0 aliphatic rings. The van der Waals surface area contributed by atoms with Gasteiger partial charge in [-0.05, 0) is 83.2 Å². The third-order valence-corrected chi connectivity index (χ3v) is 11.8. The van der Waals surface area contributed by atoms with E-state index >= 15 is 0 Å². The van der Waals surface area contributed by atoms with Crippen molar-refractivity contribution in [3.63, 3.8) is 0 Å². The molecule has 0 aliphatic carbocycles. The molecule has 0 bridgehead atoms. The Morgan fingerprint density at radius 3 is 1.83 bits per heavy atom. The maximum Gasteiger partial charge on any atom is 0.335 e. The van der Waals surface area contributed by atoms with Crippen LogP contribution in [0.3, 0.4) is 0 Å². The predicted octanol–water partition coefficient (Wildman–Crippen LogP) is 3.62. The zero-order chi connectivity index (χ0) is 52.5. The highest BCUT2D eigenvalue weighted by Gasteiger charge is 2.23. The molecule has 22 heteroatoms. The third kappa shape index (κ3) is 35.7. The molecule has 1 rings (SSSR count). The van der Waals surface area contributed by atoms with Crippen LogP contribution in [0.5, 0.6) is 5.75 Å². The summed E-state index contributed by atoms with van der Waals surface area (Å²) in [5.41, 5.74) is 0.213. The van der Waals surface area contributed by atoms with Crippen molar-refractivity contribution < 1.29 is 82.2 Å². The van der Waals surface area contributed by atoms with Crippen LogP contribution in [0, 0.1) is 5.92 Å². The van der Waals surface area contributed by atoms with Crippen molar-refractivity contribution in [1.29, 1.82) is 0 Å². The lowest BCUT2D eigenvalue weighted by Crippen LogP contribution is -2.42. The van der Waals surface area contributed by atoms with Gasteiger partial charge in [-0.1, -0.05) is 32.1 Å². The highest BCUT2D eigenvalue weighted by atomic mass is 32.2. The molecule has 7 N–H and O–H groups in total.